The van der Waals surface area contributed by atoms with Crippen molar-refractivity contribution in [3.05, 3.63) is 109 Å². The van der Waals surface area contributed by atoms with Crippen molar-refractivity contribution in [1.29, 1.82) is 10.8 Å². The van der Waals surface area contributed by atoms with Crippen LogP contribution in [0.1, 0.15) is 84.8 Å². The van der Waals surface area contributed by atoms with Crippen LogP contribution in [0.4, 0.5) is 5.69 Å². The SMILES string of the molecule is C=C.C=C/C=C(\C=N)c1ccc(C=N)c(NC(C)C)c1.C=C1NC(C)=CC(C)=C1CNC.CC=O.CN1CCN(CCC=O)CC1.CNCC1(C)CC=CCCC1. The van der Waals surface area contributed by atoms with Crippen LogP contribution in [0.25, 0.3) is 5.57 Å². The van der Waals surface area contributed by atoms with Crippen LogP contribution in [-0.4, -0.2) is 108 Å². The molecule has 4 rings (SSSR count). The average molecular weight is 787 g/mol. The summed E-state index contributed by atoms with van der Waals surface area (Å²) in [6.45, 7) is 33.2. The number of allylic oxidation sites excluding steroid dienone is 8. The number of piperazine rings is 1. The molecule has 10 heteroatoms. The monoisotopic (exact) mass is 787 g/mol. The van der Waals surface area contributed by atoms with Gasteiger partial charge >= 0.3 is 0 Å². The van der Waals surface area contributed by atoms with Crippen molar-refractivity contribution in [3.63, 3.8) is 0 Å². The molecule has 0 aromatic heterocycles. The molecule has 1 unspecified atom stereocenters. The van der Waals surface area contributed by atoms with E-state index in [-0.39, 0.29) is 0 Å². The molecule has 0 saturated carbocycles. The number of rotatable bonds is 13. The second-order valence-corrected chi connectivity index (χ2v) is 14.6. The quantitative estimate of drug-likeness (QED) is 0.0508. The average Bonchev–Trinajstić information content (AvgIpc) is 3.41. The Balaban J connectivity index is 0. The molecule has 2 aliphatic heterocycles. The van der Waals surface area contributed by atoms with Gasteiger partial charge in [0.05, 0.1) is 0 Å². The Morgan fingerprint density at radius 3 is 2.21 bits per heavy atom. The maximum atomic E-state index is 10.1. The molecule has 0 spiro atoms. The highest BCUT2D eigenvalue weighted by atomic mass is 16.1. The molecule has 1 fully saturated rings. The second-order valence-electron chi connectivity index (χ2n) is 14.6. The first-order valence-electron chi connectivity index (χ1n) is 20.1. The first-order valence-corrected chi connectivity index (χ1v) is 20.1. The summed E-state index contributed by atoms with van der Waals surface area (Å²) in [5.74, 6) is 0. The molecule has 1 saturated heterocycles. The number of carbonyl (C=O) groups is 2. The van der Waals surface area contributed by atoms with E-state index in [4.69, 9.17) is 15.6 Å². The molecule has 1 atom stereocenters. The molecule has 1 aromatic carbocycles. The lowest BCUT2D eigenvalue weighted by Crippen LogP contribution is -2.44. The largest absolute Gasteiger partial charge is 0.382 e. The van der Waals surface area contributed by atoms with Gasteiger partial charge in [-0.2, -0.15) is 0 Å². The van der Waals surface area contributed by atoms with Gasteiger partial charge in [-0.15, -0.1) is 13.2 Å². The summed E-state index contributed by atoms with van der Waals surface area (Å²) in [5, 5.41) is 27.7. The first-order chi connectivity index (χ1) is 27.3. The molecule has 1 aliphatic carbocycles. The lowest BCUT2D eigenvalue weighted by Gasteiger charge is -2.31. The van der Waals surface area contributed by atoms with Crippen LogP contribution in [0.15, 0.2) is 97.4 Å². The number of aldehydes is 2. The molecule has 57 heavy (non-hydrogen) atoms. The van der Waals surface area contributed by atoms with Gasteiger partial charge in [0.2, 0.25) is 0 Å². The summed E-state index contributed by atoms with van der Waals surface area (Å²) >= 11 is 0. The smallest absolute Gasteiger partial charge is 0.121 e. The normalized spacial score (nSPS) is 17.9. The maximum absolute atomic E-state index is 10.1. The Kier molecular flexibility index (Phi) is 32.2. The molecule has 2 heterocycles. The molecule has 3 aliphatic rings. The minimum absolute atomic E-state index is 0.297. The molecule has 0 radical (unpaired) electrons. The van der Waals surface area contributed by atoms with E-state index in [9.17, 15) is 4.79 Å². The van der Waals surface area contributed by atoms with Crippen LogP contribution in [0.2, 0.25) is 0 Å². The fourth-order valence-corrected chi connectivity index (χ4v) is 6.20. The molecule has 0 bridgehead atoms. The molecular formula is C47H78N8O2. The predicted octanol–water partition coefficient (Wildman–Crippen LogP) is 8.44. The van der Waals surface area contributed by atoms with Gasteiger partial charge in [0, 0.05) is 93.4 Å². The van der Waals surface area contributed by atoms with Crippen molar-refractivity contribution in [2.75, 3.05) is 72.3 Å². The van der Waals surface area contributed by atoms with E-state index in [2.05, 4.69) is 110 Å². The van der Waals surface area contributed by atoms with Crippen LogP contribution in [-0.2, 0) is 9.59 Å². The van der Waals surface area contributed by atoms with Gasteiger partial charge in [-0.3, -0.25) is 0 Å². The molecule has 1 aromatic rings. The maximum Gasteiger partial charge on any atom is 0.121 e. The lowest BCUT2D eigenvalue weighted by molar-refractivity contribution is -0.108. The number of anilines is 1. The van der Waals surface area contributed by atoms with Gasteiger partial charge in [-0.05, 0) is 121 Å². The van der Waals surface area contributed by atoms with Crippen molar-refractivity contribution < 1.29 is 9.59 Å². The van der Waals surface area contributed by atoms with Crippen molar-refractivity contribution in [2.24, 2.45) is 5.41 Å². The van der Waals surface area contributed by atoms with Gasteiger partial charge in [-0.1, -0.05) is 56.5 Å². The predicted molar refractivity (Wildman–Crippen MR) is 250 cm³/mol. The topological polar surface area (TPSA) is 136 Å². The zero-order valence-electron chi connectivity index (χ0n) is 37.0. The number of hydrogen-bond acceptors (Lipinski definition) is 10. The zero-order valence-corrected chi connectivity index (χ0v) is 37.0. The Morgan fingerprint density at radius 1 is 1.05 bits per heavy atom. The summed E-state index contributed by atoms with van der Waals surface area (Å²) in [5.41, 5.74) is 8.76. The van der Waals surface area contributed by atoms with Gasteiger partial charge in [0.15, 0.2) is 0 Å². The highest BCUT2D eigenvalue weighted by Gasteiger charge is 2.22. The fraction of sp³-hybridized carbons (Fsp3) is 0.489. The van der Waals surface area contributed by atoms with Gasteiger partial charge in [0.1, 0.15) is 12.6 Å². The number of carbonyl (C=O) groups excluding carboxylic acids is 2. The van der Waals surface area contributed by atoms with Crippen LogP contribution in [0.3, 0.4) is 0 Å². The molecule has 318 valence electrons. The van der Waals surface area contributed by atoms with E-state index in [0.717, 1.165) is 92.2 Å². The first kappa shape index (κ1) is 54.6. The summed E-state index contributed by atoms with van der Waals surface area (Å²) in [7, 11) is 6.12. The van der Waals surface area contributed by atoms with E-state index in [1.54, 1.807) is 12.2 Å². The fourth-order valence-electron chi connectivity index (χ4n) is 6.20. The molecule has 6 N–H and O–H groups in total. The van der Waals surface area contributed by atoms with Gasteiger partial charge < -0.3 is 51.5 Å². The lowest BCUT2D eigenvalue weighted by atomic mass is 9.83. The standard InChI is InChI=1S/C15H19N3.C10H16N2.C10H19N.C8H16N2O.C2H4O.C2H4/c1-4-5-13(9-16)12-6-7-14(10-17)15(8-12)18-11(2)3;1-7-5-8(2)12-9(3)10(7)6-11-4;1-10(9-11-2)7-5-3-4-6-8-10;1-9-4-6-10(7-5-9)3-2-8-11;1-2-3;1-2/h4-11,16-18H,1H2,2-3H3;5,11-12H,3,6H2,1-2,4H3;3,5,11H,4,6-9H2,1-2H3;8H,2-7H2,1H3;2H,1H3;1-2H2/b13-5+,16-9?,17-10?;;;;;. The Hall–Kier alpha value is -4.48. The number of nitrogens with zero attached hydrogens (tertiary/aromatic N) is 2. The van der Waals surface area contributed by atoms with Gasteiger partial charge in [-0.25, -0.2) is 0 Å². The third-order valence-corrected chi connectivity index (χ3v) is 9.11. The highest BCUT2D eigenvalue weighted by Crippen LogP contribution is 2.30. The molecular weight excluding hydrogens is 709 g/mol. The van der Waals surface area contributed by atoms with Crippen molar-refractivity contribution >= 4 is 36.3 Å². The molecule has 10 nitrogen and oxygen atoms in total. The second kappa shape index (κ2) is 33.6. The Labute approximate surface area is 347 Å². The third-order valence-electron chi connectivity index (χ3n) is 9.11. The number of dihydropyridines is 1. The summed E-state index contributed by atoms with van der Waals surface area (Å²) in [6.07, 6.45) is 20.6. The van der Waals surface area contributed by atoms with Crippen molar-refractivity contribution in [3.8, 4) is 0 Å². The number of benzene rings is 1. The van der Waals surface area contributed by atoms with Crippen LogP contribution < -0.4 is 21.3 Å². The van der Waals surface area contributed by atoms with Crippen molar-refractivity contribution in [1.82, 2.24) is 25.8 Å². The van der Waals surface area contributed by atoms with Crippen LogP contribution in [0.5, 0.6) is 0 Å². The van der Waals surface area contributed by atoms with Crippen LogP contribution in [0, 0.1) is 16.2 Å². The van der Waals surface area contributed by atoms with Gasteiger partial charge in [0.25, 0.3) is 0 Å². The van der Waals surface area contributed by atoms with Crippen molar-refractivity contribution in [2.45, 2.75) is 79.7 Å². The van der Waals surface area contributed by atoms with E-state index in [1.165, 1.54) is 56.2 Å². The molecule has 0 amide bonds. The summed E-state index contributed by atoms with van der Waals surface area (Å²) in [6, 6.07) is 6.05. The summed E-state index contributed by atoms with van der Waals surface area (Å²) < 4.78 is 0. The Bertz CT molecular complexity index is 1470. The number of likely N-dealkylation sites (N-methyl/N-ethyl adjacent to an activating group) is 2. The third kappa shape index (κ3) is 24.7. The van der Waals surface area contributed by atoms with E-state index < -0.39 is 0 Å². The zero-order chi connectivity index (χ0) is 43.6. The minimum Gasteiger partial charge on any atom is -0.382 e. The van der Waals surface area contributed by atoms with E-state index >= 15 is 0 Å². The number of hydrogen-bond donors (Lipinski definition) is 6. The van der Waals surface area contributed by atoms with E-state index in [1.807, 2.05) is 39.2 Å². The van der Waals surface area contributed by atoms with Crippen LogP contribution >= 0.6 is 0 Å². The minimum atomic E-state index is 0.297. The number of nitrogens with one attached hydrogen (secondary N) is 6. The van der Waals surface area contributed by atoms with E-state index in [0.29, 0.717) is 17.9 Å². The Morgan fingerprint density at radius 2 is 1.70 bits per heavy atom. The summed E-state index contributed by atoms with van der Waals surface area (Å²) in [4.78, 5) is 23.5. The highest BCUT2D eigenvalue weighted by molar-refractivity contribution is 6.09.